The van der Waals surface area contributed by atoms with Gasteiger partial charge < -0.3 is 4.74 Å². The fourth-order valence-corrected chi connectivity index (χ4v) is 2.12. The normalized spacial score (nSPS) is 11.4. The van der Waals surface area contributed by atoms with Crippen molar-refractivity contribution in [2.45, 2.75) is 13.1 Å². The van der Waals surface area contributed by atoms with Crippen LogP contribution < -0.4 is 4.74 Å². The molecule has 3 nitrogen and oxygen atoms in total. The fourth-order valence-electron chi connectivity index (χ4n) is 1.37. The first-order valence-corrected chi connectivity index (χ1v) is 5.99. The van der Waals surface area contributed by atoms with Gasteiger partial charge in [-0.05, 0) is 25.1 Å². The standard InChI is InChI=1S/C12H8F3NO2S/c1-7-10(6-17)16-11(19-7)18-9-4-2-3-8(5-9)12(13,14)15/h2-6H,1H3. The molecule has 0 fully saturated rings. The summed E-state index contributed by atoms with van der Waals surface area (Å²) in [7, 11) is 0. The first-order valence-electron chi connectivity index (χ1n) is 5.18. The van der Waals surface area contributed by atoms with Gasteiger partial charge in [0.05, 0.1) is 5.56 Å². The minimum atomic E-state index is -4.42. The van der Waals surface area contributed by atoms with Gasteiger partial charge in [-0.2, -0.15) is 18.2 Å². The topological polar surface area (TPSA) is 39.2 Å². The molecule has 100 valence electrons. The number of hydrogen-bond acceptors (Lipinski definition) is 4. The number of aldehydes is 1. The zero-order chi connectivity index (χ0) is 14.0. The van der Waals surface area contributed by atoms with Crippen molar-refractivity contribution in [1.82, 2.24) is 4.98 Å². The minimum absolute atomic E-state index is 0.0287. The number of nitrogens with zero attached hydrogens (tertiary/aromatic N) is 1. The number of rotatable bonds is 3. The van der Waals surface area contributed by atoms with Crippen LogP contribution >= 0.6 is 11.3 Å². The summed E-state index contributed by atoms with van der Waals surface area (Å²) in [6.45, 7) is 1.68. The van der Waals surface area contributed by atoms with Crippen molar-refractivity contribution in [3.05, 3.63) is 40.4 Å². The molecule has 2 aromatic rings. The summed E-state index contributed by atoms with van der Waals surface area (Å²) in [6, 6.07) is 4.49. The van der Waals surface area contributed by atoms with E-state index >= 15 is 0 Å². The van der Waals surface area contributed by atoms with Crippen LogP contribution in [0.2, 0.25) is 0 Å². The number of carbonyl (C=O) groups excluding carboxylic acids is 1. The number of alkyl halides is 3. The lowest BCUT2D eigenvalue weighted by Crippen LogP contribution is -2.04. The summed E-state index contributed by atoms with van der Waals surface area (Å²) in [5.41, 5.74) is -0.569. The van der Waals surface area contributed by atoms with Gasteiger partial charge in [0, 0.05) is 4.88 Å². The van der Waals surface area contributed by atoms with Crippen molar-refractivity contribution in [2.24, 2.45) is 0 Å². The predicted octanol–water partition coefficient (Wildman–Crippen LogP) is 4.08. The van der Waals surface area contributed by atoms with E-state index in [1.165, 1.54) is 12.1 Å². The molecule has 19 heavy (non-hydrogen) atoms. The summed E-state index contributed by atoms with van der Waals surface area (Å²) in [6.07, 6.45) is -3.85. The third-order valence-electron chi connectivity index (χ3n) is 2.29. The zero-order valence-electron chi connectivity index (χ0n) is 9.69. The van der Waals surface area contributed by atoms with Gasteiger partial charge >= 0.3 is 6.18 Å². The Bertz CT molecular complexity index is 607. The largest absolute Gasteiger partial charge is 0.431 e. The molecule has 2 rings (SSSR count). The molecule has 1 aromatic carbocycles. The molecule has 0 radical (unpaired) electrons. The van der Waals surface area contributed by atoms with Crippen LogP contribution in [0.1, 0.15) is 20.9 Å². The number of thiazole rings is 1. The van der Waals surface area contributed by atoms with Gasteiger partial charge in [-0.3, -0.25) is 4.79 Å². The number of carbonyl (C=O) groups is 1. The summed E-state index contributed by atoms with van der Waals surface area (Å²) in [5, 5.41) is 0.138. The number of ether oxygens (including phenoxy) is 1. The first kappa shape index (κ1) is 13.5. The third kappa shape index (κ3) is 3.11. The van der Waals surface area contributed by atoms with Gasteiger partial charge in [0.2, 0.25) is 0 Å². The van der Waals surface area contributed by atoms with Crippen molar-refractivity contribution in [2.75, 3.05) is 0 Å². The van der Waals surface area contributed by atoms with Gasteiger partial charge in [-0.25, -0.2) is 0 Å². The molecule has 0 aliphatic rings. The monoisotopic (exact) mass is 287 g/mol. The van der Waals surface area contributed by atoms with Gasteiger partial charge in [-0.1, -0.05) is 17.4 Å². The van der Waals surface area contributed by atoms with Gasteiger partial charge in [-0.15, -0.1) is 0 Å². The van der Waals surface area contributed by atoms with E-state index in [9.17, 15) is 18.0 Å². The molecule has 0 saturated carbocycles. The molecule has 0 unspecified atom stereocenters. The highest BCUT2D eigenvalue weighted by molar-refractivity contribution is 7.13. The van der Waals surface area contributed by atoms with Crippen LogP contribution in [0.5, 0.6) is 10.9 Å². The van der Waals surface area contributed by atoms with Crippen molar-refractivity contribution < 1.29 is 22.7 Å². The van der Waals surface area contributed by atoms with Gasteiger partial charge in [0.1, 0.15) is 11.4 Å². The lowest BCUT2D eigenvalue weighted by Gasteiger charge is -2.08. The highest BCUT2D eigenvalue weighted by atomic mass is 32.1. The van der Waals surface area contributed by atoms with Crippen LogP contribution in [0, 0.1) is 6.92 Å². The van der Waals surface area contributed by atoms with E-state index in [1.54, 1.807) is 6.92 Å². The Kier molecular flexibility index (Phi) is 3.57. The molecule has 0 atom stereocenters. The zero-order valence-corrected chi connectivity index (χ0v) is 10.5. The molecule has 0 spiro atoms. The Balaban J connectivity index is 2.25. The molecule has 7 heteroatoms. The third-order valence-corrected chi connectivity index (χ3v) is 3.16. The van der Waals surface area contributed by atoms with Crippen LogP contribution in [-0.2, 0) is 6.18 Å². The highest BCUT2D eigenvalue weighted by Crippen LogP contribution is 2.33. The Labute approximate surface area is 110 Å². The van der Waals surface area contributed by atoms with Crippen molar-refractivity contribution in [3.8, 4) is 10.9 Å². The maximum Gasteiger partial charge on any atom is 0.416 e. The SMILES string of the molecule is Cc1sc(Oc2cccc(C(F)(F)F)c2)nc1C=O. The van der Waals surface area contributed by atoms with Gasteiger partial charge in [0.25, 0.3) is 5.19 Å². The molecule has 1 heterocycles. The number of benzene rings is 1. The van der Waals surface area contributed by atoms with Crippen LogP contribution in [0.3, 0.4) is 0 Å². The molecule has 0 aliphatic carbocycles. The molecular weight excluding hydrogens is 279 g/mol. The van der Waals surface area contributed by atoms with Gasteiger partial charge in [0.15, 0.2) is 6.29 Å². The fraction of sp³-hybridized carbons (Fsp3) is 0.167. The Morgan fingerprint density at radius 2 is 2.11 bits per heavy atom. The van der Waals surface area contributed by atoms with E-state index in [0.717, 1.165) is 23.5 Å². The number of aryl methyl sites for hydroxylation is 1. The average Bonchev–Trinajstić information content (AvgIpc) is 2.68. The van der Waals surface area contributed by atoms with Crippen LogP contribution in [0.25, 0.3) is 0 Å². The molecule has 1 aromatic heterocycles. The predicted molar refractivity (Wildman–Crippen MR) is 63.8 cm³/mol. The Morgan fingerprint density at radius 3 is 2.68 bits per heavy atom. The average molecular weight is 287 g/mol. The van der Waals surface area contributed by atoms with Crippen molar-refractivity contribution in [1.29, 1.82) is 0 Å². The minimum Gasteiger partial charge on any atom is -0.431 e. The van der Waals surface area contributed by atoms with E-state index in [4.69, 9.17) is 4.74 Å². The lowest BCUT2D eigenvalue weighted by atomic mass is 10.2. The van der Waals surface area contributed by atoms with Crippen LogP contribution in [-0.4, -0.2) is 11.3 Å². The van der Waals surface area contributed by atoms with E-state index in [-0.39, 0.29) is 16.6 Å². The molecular formula is C12H8F3NO2S. The number of halogens is 3. The maximum atomic E-state index is 12.5. The number of aromatic nitrogens is 1. The smallest absolute Gasteiger partial charge is 0.416 e. The van der Waals surface area contributed by atoms with Crippen molar-refractivity contribution in [3.63, 3.8) is 0 Å². The molecule has 0 aliphatic heterocycles. The van der Waals surface area contributed by atoms with E-state index < -0.39 is 11.7 Å². The summed E-state index contributed by atoms with van der Waals surface area (Å²) in [5.74, 6) is 0.0287. The summed E-state index contributed by atoms with van der Waals surface area (Å²) < 4.78 is 42.8. The van der Waals surface area contributed by atoms with Crippen LogP contribution in [0.15, 0.2) is 24.3 Å². The lowest BCUT2D eigenvalue weighted by molar-refractivity contribution is -0.137. The van der Waals surface area contributed by atoms with E-state index in [1.807, 2.05) is 0 Å². The Hall–Kier alpha value is -1.89. The molecule has 0 amide bonds. The van der Waals surface area contributed by atoms with E-state index in [2.05, 4.69) is 4.98 Å². The summed E-state index contributed by atoms with van der Waals surface area (Å²) in [4.78, 5) is 15.1. The molecule has 0 N–H and O–H groups in total. The van der Waals surface area contributed by atoms with Crippen molar-refractivity contribution >= 4 is 17.6 Å². The second-order valence-electron chi connectivity index (χ2n) is 3.67. The second kappa shape index (κ2) is 5.00. The maximum absolute atomic E-state index is 12.5. The highest BCUT2D eigenvalue weighted by Gasteiger charge is 2.30. The Morgan fingerprint density at radius 1 is 1.37 bits per heavy atom. The second-order valence-corrected chi connectivity index (χ2v) is 4.83. The first-order chi connectivity index (χ1) is 8.90. The molecule has 0 saturated heterocycles. The quantitative estimate of drug-likeness (QED) is 0.799. The summed E-state index contributed by atoms with van der Waals surface area (Å²) >= 11 is 1.10. The number of hydrogen-bond donors (Lipinski definition) is 0. The molecule has 0 bridgehead atoms. The van der Waals surface area contributed by atoms with Crippen LogP contribution in [0.4, 0.5) is 13.2 Å². The van der Waals surface area contributed by atoms with E-state index in [0.29, 0.717) is 11.2 Å².